The van der Waals surface area contributed by atoms with Crippen molar-refractivity contribution < 1.29 is 19.0 Å². The second kappa shape index (κ2) is 8.77. The molecule has 4 heteroatoms. The Bertz CT molecular complexity index is 672. The van der Waals surface area contributed by atoms with Crippen molar-refractivity contribution in [1.29, 1.82) is 0 Å². The standard InChI is InChI=1S/C20H22O4/c1-15(2)20(21)24-14-4-13-23-19-11-7-17(8-12-19)16-5-9-18(22-3)10-6-16/h5-12H,1,4,13-14H2,2-3H3. The van der Waals surface area contributed by atoms with Gasteiger partial charge in [-0.05, 0) is 42.3 Å². The van der Waals surface area contributed by atoms with Gasteiger partial charge in [-0.1, -0.05) is 30.8 Å². The molecule has 2 aromatic rings. The van der Waals surface area contributed by atoms with Gasteiger partial charge in [0.25, 0.3) is 0 Å². The summed E-state index contributed by atoms with van der Waals surface area (Å²) in [5.41, 5.74) is 2.64. The Morgan fingerprint density at radius 3 is 1.96 bits per heavy atom. The van der Waals surface area contributed by atoms with Gasteiger partial charge in [0.1, 0.15) is 11.5 Å². The second-order valence-corrected chi connectivity index (χ2v) is 5.37. The highest BCUT2D eigenvalue weighted by atomic mass is 16.5. The van der Waals surface area contributed by atoms with Crippen LogP contribution in [0.2, 0.25) is 0 Å². The van der Waals surface area contributed by atoms with Gasteiger partial charge in [-0.3, -0.25) is 0 Å². The molecule has 0 atom stereocenters. The van der Waals surface area contributed by atoms with E-state index in [0.29, 0.717) is 25.2 Å². The molecule has 2 aromatic carbocycles. The smallest absolute Gasteiger partial charge is 0.333 e. The van der Waals surface area contributed by atoms with Crippen molar-refractivity contribution in [3.8, 4) is 22.6 Å². The topological polar surface area (TPSA) is 44.8 Å². The highest BCUT2D eigenvalue weighted by molar-refractivity contribution is 5.86. The van der Waals surface area contributed by atoms with Gasteiger partial charge in [-0.25, -0.2) is 4.79 Å². The Balaban J connectivity index is 1.79. The SMILES string of the molecule is C=C(C)C(=O)OCCCOc1ccc(-c2ccc(OC)cc2)cc1. The predicted molar refractivity (Wildman–Crippen MR) is 94.3 cm³/mol. The van der Waals surface area contributed by atoms with Crippen molar-refractivity contribution in [2.75, 3.05) is 20.3 Å². The predicted octanol–water partition coefficient (Wildman–Crippen LogP) is 4.25. The zero-order valence-electron chi connectivity index (χ0n) is 14.1. The summed E-state index contributed by atoms with van der Waals surface area (Å²) in [5.74, 6) is 1.27. The van der Waals surface area contributed by atoms with Crippen LogP contribution in [0.1, 0.15) is 13.3 Å². The van der Waals surface area contributed by atoms with Gasteiger partial charge in [-0.2, -0.15) is 0 Å². The summed E-state index contributed by atoms with van der Waals surface area (Å²) < 4.78 is 15.8. The van der Waals surface area contributed by atoms with E-state index in [0.717, 1.165) is 22.6 Å². The number of esters is 1. The van der Waals surface area contributed by atoms with Crippen molar-refractivity contribution in [3.63, 3.8) is 0 Å². The number of hydrogen-bond acceptors (Lipinski definition) is 4. The van der Waals surface area contributed by atoms with Crippen molar-refractivity contribution in [3.05, 3.63) is 60.7 Å². The zero-order chi connectivity index (χ0) is 17.4. The Morgan fingerprint density at radius 2 is 1.46 bits per heavy atom. The van der Waals surface area contributed by atoms with E-state index in [1.165, 1.54) is 0 Å². The number of carbonyl (C=O) groups excluding carboxylic acids is 1. The highest BCUT2D eigenvalue weighted by Crippen LogP contribution is 2.24. The van der Waals surface area contributed by atoms with Crippen LogP contribution in [0, 0.1) is 0 Å². The van der Waals surface area contributed by atoms with E-state index < -0.39 is 0 Å². The second-order valence-electron chi connectivity index (χ2n) is 5.37. The third kappa shape index (κ3) is 5.16. The van der Waals surface area contributed by atoms with Crippen LogP contribution in [-0.2, 0) is 9.53 Å². The first-order valence-corrected chi connectivity index (χ1v) is 7.80. The number of rotatable bonds is 8. The van der Waals surface area contributed by atoms with Crippen LogP contribution in [0.5, 0.6) is 11.5 Å². The molecule has 0 unspecified atom stereocenters. The van der Waals surface area contributed by atoms with Gasteiger partial charge in [0.2, 0.25) is 0 Å². The lowest BCUT2D eigenvalue weighted by molar-refractivity contribution is -0.139. The van der Waals surface area contributed by atoms with Gasteiger partial charge >= 0.3 is 5.97 Å². The lowest BCUT2D eigenvalue weighted by Gasteiger charge is -2.08. The Hall–Kier alpha value is -2.75. The van der Waals surface area contributed by atoms with E-state index in [9.17, 15) is 4.79 Å². The minimum atomic E-state index is -0.362. The monoisotopic (exact) mass is 326 g/mol. The minimum Gasteiger partial charge on any atom is -0.497 e. The lowest BCUT2D eigenvalue weighted by atomic mass is 10.1. The van der Waals surface area contributed by atoms with E-state index in [-0.39, 0.29) is 5.97 Å². The summed E-state index contributed by atoms with van der Waals surface area (Å²) in [4.78, 5) is 11.2. The van der Waals surface area contributed by atoms with E-state index in [2.05, 4.69) is 6.58 Å². The van der Waals surface area contributed by atoms with Crippen LogP contribution in [0.25, 0.3) is 11.1 Å². The highest BCUT2D eigenvalue weighted by Gasteiger charge is 2.03. The molecule has 0 saturated carbocycles. The molecule has 0 aliphatic rings. The number of ether oxygens (including phenoxy) is 3. The van der Waals surface area contributed by atoms with Crippen LogP contribution in [0.3, 0.4) is 0 Å². The molecule has 0 amide bonds. The first-order valence-electron chi connectivity index (χ1n) is 7.80. The van der Waals surface area contributed by atoms with Crippen LogP contribution in [0.15, 0.2) is 60.7 Å². The molecule has 0 spiro atoms. The van der Waals surface area contributed by atoms with Gasteiger partial charge < -0.3 is 14.2 Å². The number of carbonyl (C=O) groups is 1. The summed E-state index contributed by atoms with van der Waals surface area (Å²) in [6.45, 7) is 5.98. The van der Waals surface area contributed by atoms with Crippen LogP contribution < -0.4 is 9.47 Å². The molecule has 4 nitrogen and oxygen atoms in total. The average molecular weight is 326 g/mol. The molecule has 0 aliphatic carbocycles. The minimum absolute atomic E-state index is 0.329. The molecule has 0 bridgehead atoms. The molecule has 0 N–H and O–H groups in total. The molecule has 0 heterocycles. The maximum atomic E-state index is 11.2. The van der Waals surface area contributed by atoms with Crippen molar-refractivity contribution in [1.82, 2.24) is 0 Å². The molecular weight excluding hydrogens is 304 g/mol. The maximum Gasteiger partial charge on any atom is 0.333 e. The van der Waals surface area contributed by atoms with Crippen molar-refractivity contribution in [2.24, 2.45) is 0 Å². The van der Waals surface area contributed by atoms with Crippen LogP contribution in [0.4, 0.5) is 0 Å². The Labute approximate surface area is 142 Å². The summed E-state index contributed by atoms with van der Waals surface area (Å²) in [6, 6.07) is 15.8. The fourth-order valence-electron chi connectivity index (χ4n) is 2.06. The van der Waals surface area contributed by atoms with Crippen LogP contribution in [-0.4, -0.2) is 26.3 Å². The number of methoxy groups -OCH3 is 1. The van der Waals surface area contributed by atoms with Crippen molar-refractivity contribution in [2.45, 2.75) is 13.3 Å². The summed E-state index contributed by atoms with van der Waals surface area (Å²) >= 11 is 0. The Morgan fingerprint density at radius 1 is 0.917 bits per heavy atom. The molecule has 0 aliphatic heterocycles. The van der Waals surface area contributed by atoms with E-state index in [4.69, 9.17) is 14.2 Å². The zero-order valence-corrected chi connectivity index (χ0v) is 14.1. The van der Waals surface area contributed by atoms with E-state index in [1.807, 2.05) is 48.5 Å². The average Bonchev–Trinajstić information content (AvgIpc) is 2.62. The largest absolute Gasteiger partial charge is 0.497 e. The quantitative estimate of drug-likeness (QED) is 0.413. The van der Waals surface area contributed by atoms with Gasteiger partial charge in [0, 0.05) is 12.0 Å². The molecule has 24 heavy (non-hydrogen) atoms. The van der Waals surface area contributed by atoms with Gasteiger partial charge in [0.05, 0.1) is 20.3 Å². The normalized spacial score (nSPS) is 10.1. The van der Waals surface area contributed by atoms with Gasteiger partial charge in [0.15, 0.2) is 0 Å². The molecule has 0 aromatic heterocycles. The van der Waals surface area contributed by atoms with Crippen molar-refractivity contribution >= 4 is 5.97 Å². The maximum absolute atomic E-state index is 11.2. The molecule has 0 radical (unpaired) electrons. The fraction of sp³-hybridized carbons (Fsp3) is 0.250. The first kappa shape index (κ1) is 17.6. The number of hydrogen-bond donors (Lipinski definition) is 0. The summed E-state index contributed by atoms with van der Waals surface area (Å²) in [6.07, 6.45) is 0.638. The molecule has 2 rings (SSSR count). The lowest BCUT2D eigenvalue weighted by Crippen LogP contribution is -2.09. The Kier molecular flexibility index (Phi) is 6.43. The van der Waals surface area contributed by atoms with Gasteiger partial charge in [-0.15, -0.1) is 0 Å². The molecule has 0 fully saturated rings. The third-order valence-corrected chi connectivity index (χ3v) is 3.42. The summed E-state index contributed by atoms with van der Waals surface area (Å²) in [7, 11) is 1.65. The third-order valence-electron chi connectivity index (χ3n) is 3.42. The molecule has 126 valence electrons. The van der Waals surface area contributed by atoms with E-state index in [1.54, 1.807) is 14.0 Å². The summed E-state index contributed by atoms with van der Waals surface area (Å²) in [5, 5.41) is 0. The molecule has 0 saturated heterocycles. The first-order chi connectivity index (χ1) is 11.6. The van der Waals surface area contributed by atoms with E-state index >= 15 is 0 Å². The number of benzene rings is 2. The van der Waals surface area contributed by atoms with Crippen LogP contribution >= 0.6 is 0 Å². The molecular formula is C20H22O4. The fourth-order valence-corrected chi connectivity index (χ4v) is 2.06.